The Morgan fingerprint density at radius 2 is 2.00 bits per heavy atom. The third kappa shape index (κ3) is 4.49. The molecule has 1 unspecified atom stereocenters. The van der Waals surface area contributed by atoms with E-state index >= 15 is 0 Å². The molecule has 0 radical (unpaired) electrons. The maximum atomic E-state index is 12.7. The summed E-state index contributed by atoms with van der Waals surface area (Å²) >= 11 is 3.39. The van der Waals surface area contributed by atoms with E-state index in [4.69, 9.17) is 0 Å². The van der Waals surface area contributed by atoms with E-state index in [-0.39, 0.29) is 11.8 Å². The number of aryl methyl sites for hydroxylation is 2. The van der Waals surface area contributed by atoms with Crippen LogP contribution in [0.2, 0.25) is 0 Å². The van der Waals surface area contributed by atoms with Gasteiger partial charge in [-0.1, -0.05) is 6.92 Å². The quantitative estimate of drug-likeness (QED) is 0.754. The molecule has 1 amide bonds. The lowest BCUT2D eigenvalue weighted by Gasteiger charge is -2.35. The Kier molecular flexibility index (Phi) is 5.58. The number of carbonyl (C=O) groups excluding carboxylic acids is 1. The van der Waals surface area contributed by atoms with Gasteiger partial charge in [-0.3, -0.25) is 19.1 Å². The van der Waals surface area contributed by atoms with Gasteiger partial charge >= 0.3 is 0 Å². The molecule has 136 valence electrons. The lowest BCUT2D eigenvalue weighted by molar-refractivity contribution is -0.137. The summed E-state index contributed by atoms with van der Waals surface area (Å²) in [5.41, 5.74) is 2.35. The van der Waals surface area contributed by atoms with Crippen LogP contribution in [-0.2, 0) is 24.9 Å². The molecule has 0 aromatic carbocycles. The molecule has 25 heavy (non-hydrogen) atoms. The Bertz CT molecular complexity index is 731. The molecular weight excluding hydrogens is 384 g/mol. The summed E-state index contributed by atoms with van der Waals surface area (Å²) in [5, 5.41) is 8.63. The van der Waals surface area contributed by atoms with E-state index in [1.54, 1.807) is 6.20 Å². The monoisotopic (exact) mass is 408 g/mol. The number of hydrogen-bond donors (Lipinski definition) is 0. The largest absolute Gasteiger partial charge is 0.340 e. The summed E-state index contributed by atoms with van der Waals surface area (Å²) in [6.07, 6.45) is 5.73. The second-order valence-electron chi connectivity index (χ2n) is 6.80. The van der Waals surface area contributed by atoms with Gasteiger partial charge < -0.3 is 4.90 Å². The van der Waals surface area contributed by atoms with Gasteiger partial charge in [-0.15, -0.1) is 0 Å². The molecule has 0 bridgehead atoms. The highest BCUT2D eigenvalue weighted by Crippen LogP contribution is 2.14. The van der Waals surface area contributed by atoms with Crippen LogP contribution in [0.15, 0.2) is 23.1 Å². The van der Waals surface area contributed by atoms with Crippen molar-refractivity contribution in [3.63, 3.8) is 0 Å². The summed E-state index contributed by atoms with van der Waals surface area (Å²) in [5.74, 6) is 0.141. The Morgan fingerprint density at radius 3 is 2.56 bits per heavy atom. The molecule has 1 fully saturated rings. The van der Waals surface area contributed by atoms with Crippen molar-refractivity contribution in [2.24, 2.45) is 13.0 Å². The van der Waals surface area contributed by atoms with Gasteiger partial charge in [0.25, 0.3) is 0 Å². The van der Waals surface area contributed by atoms with Crippen molar-refractivity contribution in [2.45, 2.75) is 26.9 Å². The fourth-order valence-electron chi connectivity index (χ4n) is 3.28. The molecule has 7 nitrogen and oxygen atoms in total. The highest BCUT2D eigenvalue weighted by molar-refractivity contribution is 9.10. The summed E-state index contributed by atoms with van der Waals surface area (Å²) in [4.78, 5) is 17.0. The summed E-state index contributed by atoms with van der Waals surface area (Å²) in [7, 11) is 1.95. The minimum Gasteiger partial charge on any atom is -0.340 e. The van der Waals surface area contributed by atoms with Crippen LogP contribution in [0.4, 0.5) is 0 Å². The van der Waals surface area contributed by atoms with Crippen molar-refractivity contribution in [1.29, 1.82) is 0 Å². The molecule has 2 aromatic heterocycles. The minimum absolute atomic E-state index is 0.0704. The smallest absolute Gasteiger partial charge is 0.227 e. The van der Waals surface area contributed by atoms with E-state index in [1.165, 1.54) is 5.56 Å². The molecule has 3 rings (SSSR count). The predicted molar refractivity (Wildman–Crippen MR) is 98.9 cm³/mol. The first-order valence-corrected chi connectivity index (χ1v) is 9.40. The van der Waals surface area contributed by atoms with Gasteiger partial charge in [-0.2, -0.15) is 10.2 Å². The molecular formula is C17H25BrN6O. The number of halogens is 1. The first kappa shape index (κ1) is 18.1. The lowest BCUT2D eigenvalue weighted by Crippen LogP contribution is -2.50. The first-order valence-electron chi connectivity index (χ1n) is 8.60. The first-order chi connectivity index (χ1) is 11.9. The van der Waals surface area contributed by atoms with Crippen molar-refractivity contribution in [3.05, 3.63) is 34.3 Å². The molecule has 1 atom stereocenters. The maximum Gasteiger partial charge on any atom is 0.227 e. The number of carbonyl (C=O) groups is 1. The fourth-order valence-corrected chi connectivity index (χ4v) is 3.61. The Labute approximate surface area is 156 Å². The van der Waals surface area contributed by atoms with Gasteiger partial charge in [0.05, 0.1) is 28.8 Å². The van der Waals surface area contributed by atoms with Crippen molar-refractivity contribution >= 4 is 21.8 Å². The average molecular weight is 409 g/mol. The second kappa shape index (κ2) is 7.70. The number of amides is 1. The minimum atomic E-state index is -0.0704. The van der Waals surface area contributed by atoms with Crippen LogP contribution < -0.4 is 0 Å². The number of rotatable bonds is 5. The van der Waals surface area contributed by atoms with E-state index in [9.17, 15) is 4.79 Å². The van der Waals surface area contributed by atoms with E-state index in [0.717, 1.165) is 42.9 Å². The average Bonchev–Trinajstić information content (AvgIpc) is 3.12. The lowest BCUT2D eigenvalue weighted by atomic mass is 10.1. The number of hydrogen-bond acceptors (Lipinski definition) is 4. The third-order valence-electron chi connectivity index (χ3n) is 4.68. The number of nitrogens with zero attached hydrogens (tertiary/aromatic N) is 6. The van der Waals surface area contributed by atoms with Crippen LogP contribution in [0.25, 0.3) is 0 Å². The molecule has 0 saturated carbocycles. The Hall–Kier alpha value is -1.67. The van der Waals surface area contributed by atoms with Crippen LogP contribution in [-0.4, -0.2) is 61.4 Å². The van der Waals surface area contributed by atoms with Crippen LogP contribution in [0, 0.1) is 12.8 Å². The van der Waals surface area contributed by atoms with Crippen LogP contribution >= 0.6 is 15.9 Å². The molecule has 0 aliphatic carbocycles. The predicted octanol–water partition coefficient (Wildman–Crippen LogP) is 1.67. The maximum absolute atomic E-state index is 12.7. The fraction of sp³-hybridized carbons (Fsp3) is 0.588. The SMILES string of the molecule is Cc1nn(C)cc1CN1CCN(C(=O)C(C)Cn2cc(Br)cn2)CC1. The van der Waals surface area contributed by atoms with Gasteiger partial charge in [0.15, 0.2) is 0 Å². The van der Waals surface area contributed by atoms with Gasteiger partial charge in [-0.25, -0.2) is 0 Å². The molecule has 3 heterocycles. The Balaban J connectivity index is 1.49. The molecule has 2 aromatic rings. The van der Waals surface area contributed by atoms with Crippen molar-refractivity contribution in [1.82, 2.24) is 29.4 Å². The van der Waals surface area contributed by atoms with Gasteiger partial charge in [0, 0.05) is 57.7 Å². The van der Waals surface area contributed by atoms with Gasteiger partial charge in [-0.05, 0) is 22.9 Å². The van der Waals surface area contributed by atoms with Gasteiger partial charge in [0.2, 0.25) is 5.91 Å². The Morgan fingerprint density at radius 1 is 1.28 bits per heavy atom. The normalized spacial score (nSPS) is 17.0. The van der Waals surface area contributed by atoms with E-state index in [1.807, 2.05) is 41.4 Å². The second-order valence-corrected chi connectivity index (χ2v) is 7.71. The zero-order valence-corrected chi connectivity index (χ0v) is 16.6. The van der Waals surface area contributed by atoms with E-state index in [2.05, 4.69) is 37.2 Å². The van der Waals surface area contributed by atoms with Gasteiger partial charge in [0.1, 0.15) is 0 Å². The topological polar surface area (TPSA) is 59.2 Å². The molecule has 1 aliphatic heterocycles. The van der Waals surface area contributed by atoms with Crippen molar-refractivity contribution in [2.75, 3.05) is 26.2 Å². The molecule has 0 N–H and O–H groups in total. The van der Waals surface area contributed by atoms with E-state index < -0.39 is 0 Å². The van der Waals surface area contributed by atoms with Crippen LogP contribution in [0.1, 0.15) is 18.2 Å². The standard InChI is InChI=1S/C17H25BrN6O/c1-13(9-24-12-16(18)8-19-24)17(25)23-6-4-22(5-7-23)11-15-10-21(3)20-14(15)2/h8,10,12-13H,4-7,9,11H2,1-3H3. The zero-order valence-electron chi connectivity index (χ0n) is 15.0. The third-order valence-corrected chi connectivity index (χ3v) is 5.09. The summed E-state index contributed by atoms with van der Waals surface area (Å²) in [6.45, 7) is 8.91. The summed E-state index contributed by atoms with van der Waals surface area (Å²) in [6, 6.07) is 0. The zero-order chi connectivity index (χ0) is 18.0. The highest BCUT2D eigenvalue weighted by atomic mass is 79.9. The highest BCUT2D eigenvalue weighted by Gasteiger charge is 2.25. The summed E-state index contributed by atoms with van der Waals surface area (Å²) < 4.78 is 4.61. The molecule has 0 spiro atoms. The van der Waals surface area contributed by atoms with Crippen LogP contribution in [0.5, 0.6) is 0 Å². The van der Waals surface area contributed by atoms with Crippen molar-refractivity contribution in [3.8, 4) is 0 Å². The number of piperazine rings is 1. The molecule has 1 aliphatic rings. The van der Waals surface area contributed by atoms with Crippen molar-refractivity contribution < 1.29 is 4.79 Å². The number of aromatic nitrogens is 4. The van der Waals surface area contributed by atoms with E-state index in [0.29, 0.717) is 6.54 Å². The molecule has 1 saturated heterocycles. The molecule has 8 heteroatoms. The van der Waals surface area contributed by atoms with Crippen LogP contribution in [0.3, 0.4) is 0 Å².